The third-order valence-corrected chi connectivity index (χ3v) is 11.3. The molecule has 0 saturated heterocycles. The zero-order valence-electron chi connectivity index (χ0n) is 42.9. The molecule has 0 fully saturated rings. The van der Waals surface area contributed by atoms with Gasteiger partial charge >= 0.3 is 17.9 Å². The predicted octanol–water partition coefficient (Wildman–Crippen LogP) is 18.1. The van der Waals surface area contributed by atoms with Crippen LogP contribution in [0.2, 0.25) is 0 Å². The molecule has 376 valence electrons. The number of unbranched alkanes of at least 4 members (excludes halogenated alkanes) is 21. The van der Waals surface area contributed by atoms with Crippen LogP contribution in [0.4, 0.5) is 0 Å². The molecule has 0 amide bonds. The lowest BCUT2D eigenvalue weighted by molar-refractivity contribution is -0.167. The van der Waals surface area contributed by atoms with Gasteiger partial charge in [-0.05, 0) is 109 Å². The minimum atomic E-state index is -0.791. The molecule has 0 N–H and O–H groups in total. The van der Waals surface area contributed by atoms with E-state index in [9.17, 15) is 14.4 Å². The van der Waals surface area contributed by atoms with E-state index in [1.165, 1.54) is 64.2 Å². The molecule has 0 aliphatic rings. The van der Waals surface area contributed by atoms with Gasteiger partial charge in [-0.2, -0.15) is 0 Å². The van der Waals surface area contributed by atoms with E-state index in [1.807, 2.05) is 0 Å². The molecule has 0 bridgehead atoms. The van der Waals surface area contributed by atoms with E-state index < -0.39 is 6.10 Å². The third kappa shape index (κ3) is 51.3. The topological polar surface area (TPSA) is 78.9 Å². The molecule has 0 heterocycles. The van der Waals surface area contributed by atoms with Crippen LogP contribution in [0.25, 0.3) is 0 Å². The second kappa shape index (κ2) is 53.9. The summed E-state index contributed by atoms with van der Waals surface area (Å²) in [6.45, 7) is 6.33. The third-order valence-electron chi connectivity index (χ3n) is 11.3. The van der Waals surface area contributed by atoms with Gasteiger partial charge in [0.15, 0.2) is 6.10 Å². The van der Waals surface area contributed by atoms with Gasteiger partial charge in [0.05, 0.1) is 0 Å². The number of carbonyl (C=O) groups is 3. The Hall–Kier alpha value is -3.67. The molecular formula is C60H100O6. The maximum Gasteiger partial charge on any atom is 0.306 e. The van der Waals surface area contributed by atoms with Gasteiger partial charge in [0.25, 0.3) is 0 Å². The number of carbonyl (C=O) groups excluding carboxylic acids is 3. The van der Waals surface area contributed by atoms with Crippen LogP contribution in [0.3, 0.4) is 0 Å². The van der Waals surface area contributed by atoms with Gasteiger partial charge in [-0.1, -0.05) is 214 Å². The van der Waals surface area contributed by atoms with Crippen LogP contribution in [-0.4, -0.2) is 37.2 Å². The zero-order valence-corrected chi connectivity index (χ0v) is 42.9. The van der Waals surface area contributed by atoms with Crippen LogP contribution in [0, 0.1) is 0 Å². The van der Waals surface area contributed by atoms with Gasteiger partial charge in [-0.15, -0.1) is 0 Å². The van der Waals surface area contributed by atoms with Crippen LogP contribution in [-0.2, 0) is 28.6 Å². The Morgan fingerprint density at radius 3 is 0.939 bits per heavy atom. The first-order valence-corrected chi connectivity index (χ1v) is 27.2. The van der Waals surface area contributed by atoms with Crippen molar-refractivity contribution in [2.45, 2.75) is 252 Å². The highest BCUT2D eigenvalue weighted by Gasteiger charge is 2.19. The molecule has 66 heavy (non-hydrogen) atoms. The average Bonchev–Trinajstić information content (AvgIpc) is 3.31. The molecule has 0 rings (SSSR count). The van der Waals surface area contributed by atoms with E-state index in [0.29, 0.717) is 19.3 Å². The quantitative estimate of drug-likeness (QED) is 0.0262. The van der Waals surface area contributed by atoms with Crippen LogP contribution >= 0.6 is 0 Å². The Bertz CT molecular complexity index is 1330. The SMILES string of the molecule is CC/C=C\C/C=C\C/C=C\C/C=C\CCCCCCCCCCCCC(=O)OCC(COC(=O)CCCCCCC/C=C\CCC)OC(=O)CCCCCCC/C=C\C/C=C\C/C=C\CC. The summed E-state index contributed by atoms with van der Waals surface area (Å²) in [5.74, 6) is -0.923. The lowest BCUT2D eigenvalue weighted by Gasteiger charge is -2.18. The minimum Gasteiger partial charge on any atom is -0.462 e. The van der Waals surface area contributed by atoms with Crippen LogP contribution < -0.4 is 0 Å². The van der Waals surface area contributed by atoms with E-state index in [0.717, 1.165) is 141 Å². The zero-order chi connectivity index (χ0) is 47.9. The van der Waals surface area contributed by atoms with E-state index in [1.54, 1.807) is 0 Å². The van der Waals surface area contributed by atoms with E-state index >= 15 is 0 Å². The van der Waals surface area contributed by atoms with Crippen molar-refractivity contribution in [2.24, 2.45) is 0 Å². The van der Waals surface area contributed by atoms with E-state index in [2.05, 4.69) is 118 Å². The van der Waals surface area contributed by atoms with E-state index in [4.69, 9.17) is 14.2 Å². The highest BCUT2D eigenvalue weighted by Crippen LogP contribution is 2.14. The summed E-state index contributed by atoms with van der Waals surface area (Å²) < 4.78 is 16.8. The molecular weight excluding hydrogens is 817 g/mol. The molecule has 0 aliphatic heterocycles. The molecule has 6 nitrogen and oxygen atoms in total. The Kier molecular flexibility index (Phi) is 50.9. The monoisotopic (exact) mass is 917 g/mol. The maximum atomic E-state index is 12.8. The number of rotatable bonds is 48. The number of esters is 3. The summed E-state index contributed by atoms with van der Waals surface area (Å²) in [7, 11) is 0. The van der Waals surface area contributed by atoms with Crippen molar-refractivity contribution in [3.63, 3.8) is 0 Å². The first-order chi connectivity index (χ1) is 32.5. The Labute approximate surface area is 407 Å². The molecule has 0 aromatic heterocycles. The number of hydrogen-bond acceptors (Lipinski definition) is 6. The van der Waals surface area contributed by atoms with Crippen LogP contribution in [0.15, 0.2) is 97.2 Å². The summed E-state index contributed by atoms with van der Waals surface area (Å²) in [6, 6.07) is 0. The van der Waals surface area contributed by atoms with Crippen molar-refractivity contribution >= 4 is 17.9 Å². The summed E-state index contributed by atoms with van der Waals surface area (Å²) in [5, 5.41) is 0. The Morgan fingerprint density at radius 2 is 0.591 bits per heavy atom. The van der Waals surface area contributed by atoms with Crippen molar-refractivity contribution < 1.29 is 28.6 Å². The fourth-order valence-electron chi connectivity index (χ4n) is 7.27. The van der Waals surface area contributed by atoms with Gasteiger partial charge in [0.2, 0.25) is 0 Å². The Balaban J connectivity index is 4.31. The number of allylic oxidation sites excluding steroid dienone is 16. The molecule has 0 saturated carbocycles. The summed E-state index contributed by atoms with van der Waals surface area (Å²) in [5.41, 5.74) is 0. The van der Waals surface area contributed by atoms with Crippen molar-refractivity contribution in [3.05, 3.63) is 97.2 Å². The van der Waals surface area contributed by atoms with Crippen molar-refractivity contribution in [3.8, 4) is 0 Å². The minimum absolute atomic E-state index is 0.0901. The lowest BCUT2D eigenvalue weighted by atomic mass is 10.1. The largest absolute Gasteiger partial charge is 0.462 e. The molecule has 0 spiro atoms. The Morgan fingerprint density at radius 1 is 0.318 bits per heavy atom. The van der Waals surface area contributed by atoms with Crippen molar-refractivity contribution in [1.29, 1.82) is 0 Å². The highest BCUT2D eigenvalue weighted by molar-refractivity contribution is 5.71. The summed E-state index contributed by atoms with van der Waals surface area (Å²) in [6.07, 6.45) is 71.2. The second-order valence-electron chi connectivity index (χ2n) is 17.7. The summed E-state index contributed by atoms with van der Waals surface area (Å²) in [4.78, 5) is 38.0. The van der Waals surface area contributed by atoms with Gasteiger partial charge in [0.1, 0.15) is 13.2 Å². The van der Waals surface area contributed by atoms with Crippen LogP contribution in [0.1, 0.15) is 245 Å². The number of ether oxygens (including phenoxy) is 3. The fraction of sp³-hybridized carbons (Fsp3) is 0.683. The van der Waals surface area contributed by atoms with Gasteiger partial charge < -0.3 is 14.2 Å². The predicted molar refractivity (Wildman–Crippen MR) is 284 cm³/mol. The van der Waals surface area contributed by atoms with Crippen LogP contribution in [0.5, 0.6) is 0 Å². The second-order valence-corrected chi connectivity index (χ2v) is 17.7. The molecule has 0 radical (unpaired) electrons. The normalized spacial score (nSPS) is 12.8. The van der Waals surface area contributed by atoms with Gasteiger partial charge in [-0.25, -0.2) is 0 Å². The molecule has 0 aromatic carbocycles. The van der Waals surface area contributed by atoms with E-state index in [-0.39, 0.29) is 31.1 Å². The molecule has 0 aromatic rings. The number of hydrogen-bond donors (Lipinski definition) is 0. The molecule has 6 heteroatoms. The van der Waals surface area contributed by atoms with Crippen molar-refractivity contribution in [1.82, 2.24) is 0 Å². The standard InChI is InChI=1S/C60H100O6/c1-4-7-10-13-16-19-22-24-26-27-28-29-30-31-32-33-35-36-38-41-44-47-50-53-59(62)65-56-57(55-64-58(61)52-49-46-43-40-21-18-15-12-9-6-3)66-60(63)54-51-48-45-42-39-37-34-25-23-20-17-14-11-8-5-2/h7-8,10-12,15-17,19-20,24-26,28-29,34,57H,4-6,9,13-14,18,21-23,27,30-33,35-56H2,1-3H3/b10-7-,11-8-,15-12-,19-16-,20-17-,26-24-,29-28-,34-25-. The fourth-order valence-corrected chi connectivity index (χ4v) is 7.27. The maximum absolute atomic E-state index is 12.8. The van der Waals surface area contributed by atoms with Crippen molar-refractivity contribution in [2.75, 3.05) is 13.2 Å². The van der Waals surface area contributed by atoms with Gasteiger partial charge in [-0.3, -0.25) is 14.4 Å². The average molecular weight is 917 g/mol. The lowest BCUT2D eigenvalue weighted by Crippen LogP contribution is -2.30. The molecule has 0 aliphatic carbocycles. The summed E-state index contributed by atoms with van der Waals surface area (Å²) >= 11 is 0. The molecule has 1 unspecified atom stereocenters. The first-order valence-electron chi connectivity index (χ1n) is 27.2. The first kappa shape index (κ1) is 62.3. The smallest absolute Gasteiger partial charge is 0.306 e. The highest BCUT2D eigenvalue weighted by atomic mass is 16.6. The van der Waals surface area contributed by atoms with Gasteiger partial charge in [0, 0.05) is 19.3 Å². The molecule has 1 atom stereocenters.